The van der Waals surface area contributed by atoms with Crippen LogP contribution in [0.15, 0.2) is 36.7 Å². The first kappa shape index (κ1) is 18.0. The standard InChI is InChI=1S/C21H29N5O/c1-2-26-13-10-22-19(26)16-25-11-5-8-21(9-12-25)14-20(27)23-15-17-6-3-4-7-18(17)24-21/h3-4,6-7,10,13,24H,2,5,8-9,11-12,14-16H2,1H3,(H,23,27)/t21-/m1/s1. The molecule has 2 N–H and O–H groups in total. The molecule has 4 rings (SSSR count). The quantitative estimate of drug-likeness (QED) is 0.876. The van der Waals surface area contributed by atoms with Crippen LogP contribution in [0.4, 0.5) is 5.69 Å². The van der Waals surface area contributed by atoms with Crippen molar-refractivity contribution in [2.24, 2.45) is 0 Å². The van der Waals surface area contributed by atoms with Gasteiger partial charge in [-0.1, -0.05) is 18.2 Å². The molecule has 1 fully saturated rings. The van der Waals surface area contributed by atoms with E-state index in [9.17, 15) is 4.79 Å². The van der Waals surface area contributed by atoms with Gasteiger partial charge in [-0.25, -0.2) is 4.98 Å². The normalized spacial score (nSPS) is 23.7. The highest BCUT2D eigenvalue weighted by molar-refractivity contribution is 5.79. The van der Waals surface area contributed by atoms with Gasteiger partial charge in [0.05, 0.1) is 6.54 Å². The molecule has 6 nitrogen and oxygen atoms in total. The van der Waals surface area contributed by atoms with Crippen LogP contribution < -0.4 is 10.6 Å². The highest BCUT2D eigenvalue weighted by atomic mass is 16.1. The van der Waals surface area contributed by atoms with Crippen LogP contribution >= 0.6 is 0 Å². The van der Waals surface area contributed by atoms with Gasteiger partial charge in [0.2, 0.25) is 5.91 Å². The average molecular weight is 367 g/mol. The van der Waals surface area contributed by atoms with E-state index in [0.29, 0.717) is 13.0 Å². The molecule has 6 heteroatoms. The molecule has 0 unspecified atom stereocenters. The molecule has 2 aliphatic rings. The van der Waals surface area contributed by atoms with Crippen LogP contribution in [0, 0.1) is 0 Å². The molecular formula is C21H29N5O. The molecule has 2 aliphatic heterocycles. The predicted molar refractivity (Wildman–Crippen MR) is 106 cm³/mol. The zero-order chi connectivity index (χ0) is 18.7. The highest BCUT2D eigenvalue weighted by Gasteiger charge is 2.36. The number of anilines is 1. The first-order chi connectivity index (χ1) is 13.2. The van der Waals surface area contributed by atoms with Crippen LogP contribution in [0.5, 0.6) is 0 Å². The Morgan fingerprint density at radius 1 is 1.22 bits per heavy atom. The maximum atomic E-state index is 12.5. The van der Waals surface area contributed by atoms with Gasteiger partial charge in [-0.3, -0.25) is 9.69 Å². The molecule has 1 amide bonds. The summed E-state index contributed by atoms with van der Waals surface area (Å²) in [5, 5.41) is 6.87. The highest BCUT2D eigenvalue weighted by Crippen LogP contribution is 2.33. The van der Waals surface area contributed by atoms with Crippen molar-refractivity contribution >= 4 is 11.6 Å². The Morgan fingerprint density at radius 3 is 3.00 bits per heavy atom. The smallest absolute Gasteiger partial charge is 0.222 e. The molecule has 0 radical (unpaired) electrons. The number of imidazole rings is 1. The fourth-order valence-corrected chi connectivity index (χ4v) is 4.38. The molecule has 1 saturated heterocycles. The summed E-state index contributed by atoms with van der Waals surface area (Å²) in [6.45, 7) is 6.59. The Kier molecular flexibility index (Phi) is 5.16. The van der Waals surface area contributed by atoms with E-state index in [2.05, 4.69) is 50.2 Å². The second-order valence-electron chi connectivity index (χ2n) is 7.78. The topological polar surface area (TPSA) is 62.2 Å². The summed E-state index contributed by atoms with van der Waals surface area (Å²) < 4.78 is 2.21. The monoisotopic (exact) mass is 367 g/mol. The molecule has 0 aliphatic carbocycles. The average Bonchev–Trinajstić information content (AvgIpc) is 3.02. The van der Waals surface area contributed by atoms with E-state index in [4.69, 9.17) is 0 Å². The molecule has 1 spiro atoms. The van der Waals surface area contributed by atoms with Crippen LogP contribution in [-0.4, -0.2) is 39.0 Å². The van der Waals surface area contributed by atoms with Crippen molar-refractivity contribution < 1.29 is 4.79 Å². The lowest BCUT2D eigenvalue weighted by Gasteiger charge is -2.37. The summed E-state index contributed by atoms with van der Waals surface area (Å²) in [5.74, 6) is 1.27. The second kappa shape index (κ2) is 7.72. The fraction of sp³-hybridized carbons (Fsp3) is 0.524. The summed E-state index contributed by atoms with van der Waals surface area (Å²) in [5.41, 5.74) is 2.15. The molecule has 3 heterocycles. The van der Waals surface area contributed by atoms with E-state index in [1.165, 1.54) is 0 Å². The van der Waals surface area contributed by atoms with Crippen LogP contribution in [0.2, 0.25) is 0 Å². The number of benzene rings is 1. The molecular weight excluding hydrogens is 338 g/mol. The first-order valence-corrected chi connectivity index (χ1v) is 10.0. The van der Waals surface area contributed by atoms with E-state index in [1.807, 2.05) is 18.5 Å². The number of nitrogens with zero attached hydrogens (tertiary/aromatic N) is 3. The van der Waals surface area contributed by atoms with Crippen molar-refractivity contribution in [1.29, 1.82) is 0 Å². The number of nitrogens with one attached hydrogen (secondary N) is 2. The lowest BCUT2D eigenvalue weighted by molar-refractivity contribution is -0.122. The number of para-hydroxylation sites is 1. The number of aromatic nitrogens is 2. The third kappa shape index (κ3) is 4.00. The van der Waals surface area contributed by atoms with E-state index >= 15 is 0 Å². The third-order valence-electron chi connectivity index (χ3n) is 5.94. The number of hydrogen-bond donors (Lipinski definition) is 2. The number of hydrogen-bond acceptors (Lipinski definition) is 4. The molecule has 0 saturated carbocycles. The number of fused-ring (bicyclic) bond motifs is 1. The second-order valence-corrected chi connectivity index (χ2v) is 7.78. The van der Waals surface area contributed by atoms with Gasteiger partial charge in [0.25, 0.3) is 0 Å². The lowest BCUT2D eigenvalue weighted by Crippen LogP contribution is -2.46. The van der Waals surface area contributed by atoms with Crippen molar-refractivity contribution in [1.82, 2.24) is 19.8 Å². The van der Waals surface area contributed by atoms with E-state index < -0.39 is 0 Å². The van der Waals surface area contributed by atoms with Crippen molar-refractivity contribution in [2.45, 2.75) is 57.8 Å². The third-order valence-corrected chi connectivity index (χ3v) is 5.94. The Labute approximate surface area is 161 Å². The molecule has 2 aromatic rings. The number of amides is 1. The summed E-state index contributed by atoms with van der Waals surface area (Å²) in [6.07, 6.45) is 7.52. The molecule has 0 bridgehead atoms. The van der Waals surface area contributed by atoms with Crippen molar-refractivity contribution in [3.05, 3.63) is 48.0 Å². The maximum Gasteiger partial charge on any atom is 0.222 e. The number of carbonyl (C=O) groups is 1. The summed E-state index contributed by atoms with van der Waals surface area (Å²) in [4.78, 5) is 19.5. The van der Waals surface area contributed by atoms with Crippen molar-refractivity contribution in [2.75, 3.05) is 18.4 Å². The summed E-state index contributed by atoms with van der Waals surface area (Å²) in [7, 11) is 0. The molecule has 27 heavy (non-hydrogen) atoms. The molecule has 1 atom stereocenters. The van der Waals surface area contributed by atoms with Gasteiger partial charge in [0.15, 0.2) is 0 Å². The van der Waals surface area contributed by atoms with Gasteiger partial charge in [-0.15, -0.1) is 0 Å². The van der Waals surface area contributed by atoms with Gasteiger partial charge < -0.3 is 15.2 Å². The van der Waals surface area contributed by atoms with Gasteiger partial charge in [-0.2, -0.15) is 0 Å². The number of rotatable bonds is 3. The molecule has 1 aromatic carbocycles. The zero-order valence-corrected chi connectivity index (χ0v) is 16.1. The van der Waals surface area contributed by atoms with Gasteiger partial charge >= 0.3 is 0 Å². The number of likely N-dealkylation sites (tertiary alicyclic amines) is 1. The van der Waals surface area contributed by atoms with Crippen LogP contribution in [0.3, 0.4) is 0 Å². The predicted octanol–water partition coefficient (Wildman–Crippen LogP) is 2.76. The maximum absolute atomic E-state index is 12.5. The van der Waals surface area contributed by atoms with E-state index in [1.54, 1.807) is 0 Å². The van der Waals surface area contributed by atoms with Gasteiger partial charge in [0, 0.05) is 49.7 Å². The zero-order valence-electron chi connectivity index (χ0n) is 16.1. The van der Waals surface area contributed by atoms with E-state index in [0.717, 1.165) is 62.5 Å². The van der Waals surface area contributed by atoms with Crippen molar-refractivity contribution in [3.8, 4) is 0 Å². The minimum atomic E-state index is -0.171. The van der Waals surface area contributed by atoms with Crippen molar-refractivity contribution in [3.63, 3.8) is 0 Å². The summed E-state index contributed by atoms with van der Waals surface area (Å²) in [6, 6.07) is 8.33. The van der Waals surface area contributed by atoms with Crippen LogP contribution in [0.1, 0.15) is 44.0 Å². The SMILES string of the molecule is CCn1ccnc1CN1CCC[C@@]2(CC1)CC(=O)NCc1ccccc1N2. The Morgan fingerprint density at radius 2 is 2.11 bits per heavy atom. The summed E-state index contributed by atoms with van der Waals surface area (Å²) >= 11 is 0. The minimum Gasteiger partial charge on any atom is -0.379 e. The first-order valence-electron chi connectivity index (χ1n) is 10.0. The minimum absolute atomic E-state index is 0.145. The largest absolute Gasteiger partial charge is 0.379 e. The molecule has 1 aromatic heterocycles. The number of carbonyl (C=O) groups excluding carboxylic acids is 1. The Bertz CT molecular complexity index is 801. The number of aryl methyl sites for hydroxylation is 1. The van der Waals surface area contributed by atoms with Gasteiger partial charge in [-0.05, 0) is 44.4 Å². The Balaban J connectivity index is 1.51. The lowest BCUT2D eigenvalue weighted by atomic mass is 9.85. The van der Waals surface area contributed by atoms with E-state index in [-0.39, 0.29) is 11.4 Å². The van der Waals surface area contributed by atoms with Crippen LogP contribution in [0.25, 0.3) is 0 Å². The van der Waals surface area contributed by atoms with Crippen LogP contribution in [-0.2, 0) is 24.4 Å². The Hall–Kier alpha value is -2.34. The fourth-order valence-electron chi connectivity index (χ4n) is 4.38. The van der Waals surface area contributed by atoms with Gasteiger partial charge in [0.1, 0.15) is 5.82 Å². The molecule has 144 valence electrons.